The molecule has 0 aliphatic heterocycles. The van der Waals surface area contributed by atoms with E-state index in [1.54, 1.807) is 45.6 Å². The van der Waals surface area contributed by atoms with Gasteiger partial charge in [0.05, 0.1) is 37.6 Å². The lowest BCUT2D eigenvalue weighted by Gasteiger charge is -2.15. The summed E-state index contributed by atoms with van der Waals surface area (Å²) in [5.41, 5.74) is 3.13. The van der Waals surface area contributed by atoms with Crippen molar-refractivity contribution in [2.45, 2.75) is 24.8 Å². The summed E-state index contributed by atoms with van der Waals surface area (Å²) in [5.74, 6) is 2.37. The minimum atomic E-state index is -3.27. The molecule has 4 rings (SSSR count). The number of aryl methyl sites for hydroxylation is 1. The summed E-state index contributed by atoms with van der Waals surface area (Å²) in [6.45, 7) is 6.31. The Morgan fingerprint density at radius 3 is 2.15 bits per heavy atom. The van der Waals surface area contributed by atoms with E-state index in [0.717, 1.165) is 21.7 Å². The molecule has 2 aromatic heterocycles. The largest absolute Gasteiger partial charge is 0.493 e. The van der Waals surface area contributed by atoms with Gasteiger partial charge in [-0.2, -0.15) is 4.98 Å². The Morgan fingerprint density at radius 1 is 0.949 bits per heavy atom. The van der Waals surface area contributed by atoms with E-state index in [1.807, 2.05) is 25.1 Å². The first kappa shape index (κ1) is 28.1. The molecule has 12 heteroatoms. The third kappa shape index (κ3) is 6.58. The molecule has 0 aliphatic carbocycles. The maximum atomic E-state index is 11.8. The van der Waals surface area contributed by atoms with Gasteiger partial charge in [-0.25, -0.2) is 18.4 Å². The highest BCUT2D eigenvalue weighted by molar-refractivity contribution is 7.90. The molecule has 2 N–H and O–H groups in total. The lowest BCUT2D eigenvalue weighted by molar-refractivity contribution is 0.324. The van der Waals surface area contributed by atoms with E-state index in [1.165, 1.54) is 17.6 Å². The van der Waals surface area contributed by atoms with Crippen molar-refractivity contribution >= 4 is 38.1 Å². The molecule has 205 valence electrons. The van der Waals surface area contributed by atoms with E-state index >= 15 is 0 Å². The zero-order valence-electron chi connectivity index (χ0n) is 22.4. The van der Waals surface area contributed by atoms with Crippen LogP contribution in [0.3, 0.4) is 0 Å². The molecule has 0 unspecified atom stereocenters. The first-order valence-electron chi connectivity index (χ1n) is 11.9. The molecule has 0 amide bonds. The van der Waals surface area contributed by atoms with Crippen molar-refractivity contribution in [3.63, 3.8) is 0 Å². The second-order valence-electron chi connectivity index (χ2n) is 8.55. The minimum absolute atomic E-state index is 0.268. The van der Waals surface area contributed by atoms with Gasteiger partial charge >= 0.3 is 0 Å². The van der Waals surface area contributed by atoms with Gasteiger partial charge in [0.2, 0.25) is 11.7 Å². The Balaban J connectivity index is 1.71. The smallest absolute Gasteiger partial charge is 0.231 e. The van der Waals surface area contributed by atoms with Crippen molar-refractivity contribution in [1.82, 2.24) is 15.0 Å². The second-order valence-corrected chi connectivity index (χ2v) is 11.6. The zero-order chi connectivity index (χ0) is 28.2. The number of hydrogen-bond acceptors (Lipinski definition) is 11. The Kier molecular flexibility index (Phi) is 8.56. The highest BCUT2D eigenvalue weighted by Crippen LogP contribution is 2.41. The Labute approximate surface area is 232 Å². The van der Waals surface area contributed by atoms with E-state index < -0.39 is 9.84 Å². The summed E-state index contributed by atoms with van der Waals surface area (Å²) in [4.78, 5) is 15.3. The summed E-state index contributed by atoms with van der Waals surface area (Å²) < 4.78 is 40.1. The normalized spacial score (nSPS) is 11.2. The number of nitrogens with one attached hydrogen (secondary N) is 2. The molecule has 0 atom stereocenters. The van der Waals surface area contributed by atoms with Crippen LogP contribution in [-0.4, -0.2) is 51.0 Å². The molecule has 1 radical (unpaired) electrons. The lowest BCUT2D eigenvalue weighted by atomic mass is 10.1. The number of thiazole rings is 1. The van der Waals surface area contributed by atoms with Crippen LogP contribution in [-0.2, 0) is 22.8 Å². The summed E-state index contributed by atoms with van der Waals surface area (Å²) in [5, 5.41) is 7.19. The van der Waals surface area contributed by atoms with Gasteiger partial charge in [-0.1, -0.05) is 12.1 Å². The zero-order valence-corrected chi connectivity index (χ0v) is 24.0. The fraction of sp³-hybridized carbons (Fsp3) is 0.259. The lowest BCUT2D eigenvalue weighted by Crippen LogP contribution is -2.06. The van der Waals surface area contributed by atoms with Crippen LogP contribution in [0.5, 0.6) is 17.2 Å². The molecular weight excluding hydrogens is 538 g/mol. The third-order valence-electron chi connectivity index (χ3n) is 5.85. The first-order valence-corrected chi connectivity index (χ1v) is 14.6. The standard InChI is InChI=1S/C27H30N5O5S2/c1-7-23-16(2)29-27(38-23)32-26-30-20(18-12-21(35-3)25(37-5)22(13-18)36-4)14-24(31-26)28-15-17-8-10-19(11-9-17)39(6,33)34/h8-14H,1,7,15H2,2-6H3,(H2,28,29,30,31,32). The van der Waals surface area contributed by atoms with Crippen LogP contribution in [0.2, 0.25) is 0 Å². The molecule has 0 saturated carbocycles. The highest BCUT2D eigenvalue weighted by atomic mass is 32.2. The number of rotatable bonds is 11. The summed E-state index contributed by atoms with van der Waals surface area (Å²) in [6, 6.07) is 12.2. The van der Waals surface area contributed by atoms with Gasteiger partial charge in [-0.15, -0.1) is 11.3 Å². The topological polar surface area (TPSA) is 125 Å². The predicted molar refractivity (Wildman–Crippen MR) is 153 cm³/mol. The van der Waals surface area contributed by atoms with Crippen molar-refractivity contribution in [2.24, 2.45) is 0 Å². The molecule has 0 saturated heterocycles. The van der Waals surface area contributed by atoms with Gasteiger partial charge in [0, 0.05) is 29.3 Å². The summed E-state index contributed by atoms with van der Waals surface area (Å²) in [6.07, 6.45) is 1.83. The van der Waals surface area contributed by atoms with E-state index in [4.69, 9.17) is 19.2 Å². The van der Waals surface area contributed by atoms with Crippen LogP contribution in [0, 0.1) is 13.8 Å². The summed E-state index contributed by atoms with van der Waals surface area (Å²) >= 11 is 1.50. The average Bonchev–Trinajstić information content (AvgIpc) is 3.29. The van der Waals surface area contributed by atoms with Crippen LogP contribution < -0.4 is 24.8 Å². The predicted octanol–water partition coefficient (Wildman–Crippen LogP) is 5.07. The van der Waals surface area contributed by atoms with Crippen LogP contribution in [0.25, 0.3) is 11.3 Å². The van der Waals surface area contributed by atoms with Gasteiger partial charge in [0.25, 0.3) is 0 Å². The molecule has 4 aromatic rings. The number of ether oxygens (including phenoxy) is 3. The van der Waals surface area contributed by atoms with Gasteiger partial charge in [-0.05, 0) is 50.1 Å². The average molecular weight is 569 g/mol. The van der Waals surface area contributed by atoms with Crippen molar-refractivity contribution in [2.75, 3.05) is 38.2 Å². The molecule has 2 aromatic carbocycles. The number of hydrogen-bond donors (Lipinski definition) is 2. The molecule has 0 bridgehead atoms. The van der Waals surface area contributed by atoms with Crippen molar-refractivity contribution in [3.05, 3.63) is 65.5 Å². The van der Waals surface area contributed by atoms with Crippen LogP contribution in [0.4, 0.5) is 16.9 Å². The van der Waals surface area contributed by atoms with Crippen molar-refractivity contribution in [3.8, 4) is 28.5 Å². The van der Waals surface area contributed by atoms with Crippen LogP contribution >= 0.6 is 11.3 Å². The second kappa shape index (κ2) is 11.9. The van der Waals surface area contributed by atoms with Crippen molar-refractivity contribution in [1.29, 1.82) is 0 Å². The fourth-order valence-corrected chi connectivity index (χ4v) is 5.31. The Hall–Kier alpha value is -3.90. The number of methoxy groups -OCH3 is 3. The quantitative estimate of drug-likeness (QED) is 0.253. The Morgan fingerprint density at radius 2 is 1.62 bits per heavy atom. The molecule has 0 spiro atoms. The van der Waals surface area contributed by atoms with E-state index in [9.17, 15) is 8.42 Å². The van der Waals surface area contributed by atoms with E-state index in [2.05, 4.69) is 27.5 Å². The van der Waals surface area contributed by atoms with Crippen LogP contribution in [0.15, 0.2) is 47.4 Å². The SMILES string of the molecule is [CH2]Cc1sc(Nc2nc(NCc3ccc(S(C)(=O)=O)cc3)cc(-c3cc(OC)c(OC)c(OC)c3)n2)nc1C. The number of nitrogens with zero attached hydrogens (tertiary/aromatic N) is 3. The molecule has 0 fully saturated rings. The van der Waals surface area contributed by atoms with E-state index in [0.29, 0.717) is 52.8 Å². The molecule has 10 nitrogen and oxygen atoms in total. The number of anilines is 3. The van der Waals surface area contributed by atoms with Crippen LogP contribution in [0.1, 0.15) is 16.1 Å². The minimum Gasteiger partial charge on any atom is -0.493 e. The maximum absolute atomic E-state index is 11.8. The molecule has 2 heterocycles. The van der Waals surface area contributed by atoms with Gasteiger partial charge in [-0.3, -0.25) is 5.32 Å². The third-order valence-corrected chi connectivity index (χ3v) is 8.11. The number of benzene rings is 2. The van der Waals surface area contributed by atoms with Gasteiger partial charge in [0.15, 0.2) is 26.5 Å². The number of aromatic nitrogens is 3. The van der Waals surface area contributed by atoms with E-state index in [-0.39, 0.29) is 4.90 Å². The molecule has 39 heavy (non-hydrogen) atoms. The highest BCUT2D eigenvalue weighted by Gasteiger charge is 2.17. The molecule has 0 aliphatic rings. The van der Waals surface area contributed by atoms with Crippen molar-refractivity contribution < 1.29 is 22.6 Å². The fourth-order valence-electron chi connectivity index (χ4n) is 3.83. The summed E-state index contributed by atoms with van der Waals surface area (Å²) in [7, 11) is 1.40. The first-order chi connectivity index (χ1) is 18.6. The van der Waals surface area contributed by atoms with Gasteiger partial charge < -0.3 is 19.5 Å². The maximum Gasteiger partial charge on any atom is 0.231 e. The number of sulfone groups is 1. The Bertz CT molecular complexity index is 1550. The monoisotopic (exact) mass is 568 g/mol. The van der Waals surface area contributed by atoms with Gasteiger partial charge in [0.1, 0.15) is 5.82 Å². The molecular formula is C27H30N5O5S2.